The third-order valence-corrected chi connectivity index (χ3v) is 4.03. The Morgan fingerprint density at radius 2 is 1.81 bits per heavy atom. The van der Waals surface area contributed by atoms with Gasteiger partial charge in [-0.3, -0.25) is 4.99 Å². The van der Waals surface area contributed by atoms with Crippen molar-refractivity contribution in [3.8, 4) is 5.75 Å². The molecule has 0 saturated heterocycles. The van der Waals surface area contributed by atoms with E-state index in [4.69, 9.17) is 0 Å². The molecule has 3 aromatic carbocycles. The molecule has 0 aliphatic heterocycles. The summed E-state index contributed by atoms with van der Waals surface area (Å²) >= 11 is 2.24. The highest BCUT2D eigenvalue weighted by Crippen LogP contribution is 2.27. The van der Waals surface area contributed by atoms with Crippen molar-refractivity contribution in [3.63, 3.8) is 0 Å². The van der Waals surface area contributed by atoms with E-state index in [9.17, 15) is 5.11 Å². The van der Waals surface area contributed by atoms with Crippen molar-refractivity contribution in [2.24, 2.45) is 4.99 Å². The average Bonchev–Trinajstić information content (AvgIpc) is 2.49. The highest BCUT2D eigenvalue weighted by Gasteiger charge is 2.04. The van der Waals surface area contributed by atoms with E-state index in [1.807, 2.05) is 43.3 Å². The zero-order valence-electron chi connectivity index (χ0n) is 11.5. The van der Waals surface area contributed by atoms with Gasteiger partial charge in [0.25, 0.3) is 0 Å². The first-order chi connectivity index (χ1) is 10.1. The summed E-state index contributed by atoms with van der Waals surface area (Å²) in [6.07, 6.45) is 1.73. The third kappa shape index (κ3) is 2.93. The summed E-state index contributed by atoms with van der Waals surface area (Å²) in [5.41, 5.74) is 2.51. The highest BCUT2D eigenvalue weighted by atomic mass is 127. The zero-order chi connectivity index (χ0) is 14.8. The summed E-state index contributed by atoms with van der Waals surface area (Å²) in [6, 6.07) is 18.1. The maximum Gasteiger partial charge on any atom is 0.127 e. The molecular formula is C18H14INO. The Labute approximate surface area is 137 Å². The summed E-state index contributed by atoms with van der Waals surface area (Å²) in [7, 11) is 0. The quantitative estimate of drug-likeness (QED) is 0.475. The van der Waals surface area contributed by atoms with E-state index >= 15 is 0 Å². The van der Waals surface area contributed by atoms with E-state index in [2.05, 4.69) is 45.8 Å². The summed E-state index contributed by atoms with van der Waals surface area (Å²) in [5.74, 6) is 0.291. The molecule has 104 valence electrons. The molecule has 0 spiro atoms. The molecule has 0 saturated carbocycles. The Kier molecular flexibility index (Phi) is 3.92. The van der Waals surface area contributed by atoms with Crippen molar-refractivity contribution in [2.75, 3.05) is 0 Å². The number of aryl methyl sites for hydroxylation is 1. The van der Waals surface area contributed by atoms with E-state index in [-0.39, 0.29) is 0 Å². The van der Waals surface area contributed by atoms with E-state index in [0.717, 1.165) is 31.2 Å². The molecule has 0 fully saturated rings. The molecule has 0 aliphatic rings. The summed E-state index contributed by atoms with van der Waals surface area (Å²) in [4.78, 5) is 4.56. The van der Waals surface area contributed by atoms with Crippen LogP contribution in [0.15, 0.2) is 59.6 Å². The molecule has 0 aliphatic carbocycles. The van der Waals surface area contributed by atoms with Crippen LogP contribution in [0.2, 0.25) is 0 Å². The van der Waals surface area contributed by atoms with E-state index < -0.39 is 0 Å². The molecule has 0 bridgehead atoms. The molecule has 0 aromatic heterocycles. The fourth-order valence-electron chi connectivity index (χ4n) is 2.32. The van der Waals surface area contributed by atoms with Crippen LogP contribution in [0.25, 0.3) is 10.8 Å². The molecule has 0 amide bonds. The van der Waals surface area contributed by atoms with E-state index in [0.29, 0.717) is 5.75 Å². The molecule has 0 atom stereocenters. The molecule has 3 rings (SSSR count). The molecule has 0 heterocycles. The van der Waals surface area contributed by atoms with Crippen molar-refractivity contribution < 1.29 is 5.11 Å². The Morgan fingerprint density at radius 1 is 1.05 bits per heavy atom. The smallest absolute Gasteiger partial charge is 0.127 e. The molecular weight excluding hydrogens is 373 g/mol. The molecule has 21 heavy (non-hydrogen) atoms. The van der Waals surface area contributed by atoms with Gasteiger partial charge in [-0.25, -0.2) is 0 Å². The fourth-order valence-corrected chi connectivity index (χ4v) is 3.12. The summed E-state index contributed by atoms with van der Waals surface area (Å²) in [6.45, 7) is 1.90. The SMILES string of the molecule is Cc1cc(I)cc(C=Nc2cccc3ccccc23)c1O. The van der Waals surface area contributed by atoms with Gasteiger partial charge in [-0.05, 0) is 58.7 Å². The standard InChI is InChI=1S/C18H14INO/c1-12-9-15(19)10-14(18(12)21)11-20-17-8-4-6-13-5-2-3-7-16(13)17/h2-11,21H,1H3. The second kappa shape index (κ2) is 5.85. The van der Waals surface area contributed by atoms with Crippen molar-refractivity contribution in [2.45, 2.75) is 6.92 Å². The lowest BCUT2D eigenvalue weighted by atomic mass is 10.1. The lowest BCUT2D eigenvalue weighted by Gasteiger charge is -2.05. The second-order valence-electron chi connectivity index (χ2n) is 4.92. The molecule has 3 aromatic rings. The van der Waals surface area contributed by atoms with Crippen molar-refractivity contribution >= 4 is 45.3 Å². The van der Waals surface area contributed by atoms with Gasteiger partial charge in [0.05, 0.1) is 5.69 Å². The van der Waals surface area contributed by atoms with E-state index in [1.54, 1.807) is 6.21 Å². The normalized spacial score (nSPS) is 11.3. The molecule has 0 radical (unpaired) electrons. The van der Waals surface area contributed by atoms with Crippen LogP contribution in [0.3, 0.4) is 0 Å². The molecule has 1 N–H and O–H groups in total. The van der Waals surface area contributed by atoms with Crippen molar-refractivity contribution in [1.29, 1.82) is 0 Å². The van der Waals surface area contributed by atoms with Gasteiger partial charge >= 0.3 is 0 Å². The number of aliphatic imine (C=N–C) groups is 1. The molecule has 3 heteroatoms. The number of halogens is 1. The molecule has 2 nitrogen and oxygen atoms in total. The highest BCUT2D eigenvalue weighted by molar-refractivity contribution is 14.1. The van der Waals surface area contributed by atoms with Gasteiger partial charge in [0.1, 0.15) is 5.75 Å². The Bertz CT molecular complexity index is 834. The minimum absolute atomic E-state index is 0.291. The van der Waals surface area contributed by atoms with Crippen LogP contribution in [0.4, 0.5) is 5.69 Å². The van der Waals surface area contributed by atoms with Crippen molar-refractivity contribution in [1.82, 2.24) is 0 Å². The van der Waals surface area contributed by atoms with Gasteiger partial charge in [-0.1, -0.05) is 36.4 Å². The van der Waals surface area contributed by atoms with Gasteiger partial charge in [0, 0.05) is 20.7 Å². The zero-order valence-corrected chi connectivity index (χ0v) is 13.7. The Hall–Kier alpha value is -1.88. The predicted molar refractivity (Wildman–Crippen MR) is 96.8 cm³/mol. The largest absolute Gasteiger partial charge is 0.507 e. The Balaban J connectivity index is 2.06. The van der Waals surface area contributed by atoms with E-state index in [1.165, 1.54) is 0 Å². The average molecular weight is 387 g/mol. The number of rotatable bonds is 2. The van der Waals surface area contributed by atoms with Crippen LogP contribution < -0.4 is 0 Å². The fraction of sp³-hybridized carbons (Fsp3) is 0.0556. The van der Waals surface area contributed by atoms with Crippen LogP contribution in [0.1, 0.15) is 11.1 Å². The summed E-state index contributed by atoms with van der Waals surface area (Å²) in [5, 5.41) is 12.4. The number of benzene rings is 3. The number of hydrogen-bond donors (Lipinski definition) is 1. The topological polar surface area (TPSA) is 32.6 Å². The summed E-state index contributed by atoms with van der Waals surface area (Å²) < 4.78 is 1.09. The van der Waals surface area contributed by atoms with Gasteiger partial charge in [-0.15, -0.1) is 0 Å². The molecule has 0 unspecified atom stereocenters. The number of aromatic hydroxyl groups is 1. The van der Waals surface area contributed by atoms with Crippen molar-refractivity contribution in [3.05, 3.63) is 69.3 Å². The van der Waals surface area contributed by atoms with Crippen LogP contribution in [-0.4, -0.2) is 11.3 Å². The first kappa shape index (κ1) is 14.1. The number of hydrogen-bond acceptors (Lipinski definition) is 2. The number of phenolic OH excluding ortho intramolecular Hbond substituents is 1. The van der Waals surface area contributed by atoms with Crippen LogP contribution in [-0.2, 0) is 0 Å². The number of phenols is 1. The van der Waals surface area contributed by atoms with Crippen LogP contribution in [0, 0.1) is 10.5 Å². The lowest BCUT2D eigenvalue weighted by molar-refractivity contribution is 0.470. The predicted octanol–water partition coefficient (Wildman–Crippen LogP) is 5.21. The number of nitrogens with zero attached hydrogens (tertiary/aromatic N) is 1. The lowest BCUT2D eigenvalue weighted by Crippen LogP contribution is -1.88. The first-order valence-electron chi connectivity index (χ1n) is 6.66. The van der Waals surface area contributed by atoms with Gasteiger partial charge in [0.15, 0.2) is 0 Å². The first-order valence-corrected chi connectivity index (χ1v) is 7.74. The minimum Gasteiger partial charge on any atom is -0.507 e. The Morgan fingerprint density at radius 3 is 2.67 bits per heavy atom. The third-order valence-electron chi connectivity index (χ3n) is 3.40. The van der Waals surface area contributed by atoms with Crippen LogP contribution >= 0.6 is 22.6 Å². The van der Waals surface area contributed by atoms with Gasteiger partial charge < -0.3 is 5.11 Å². The monoisotopic (exact) mass is 387 g/mol. The maximum absolute atomic E-state index is 10.1. The van der Waals surface area contributed by atoms with Gasteiger partial charge in [-0.2, -0.15) is 0 Å². The maximum atomic E-state index is 10.1. The minimum atomic E-state index is 0.291. The van der Waals surface area contributed by atoms with Gasteiger partial charge in [0.2, 0.25) is 0 Å². The van der Waals surface area contributed by atoms with Crippen LogP contribution in [0.5, 0.6) is 5.75 Å². The number of fused-ring (bicyclic) bond motifs is 1. The second-order valence-corrected chi connectivity index (χ2v) is 6.16.